The van der Waals surface area contributed by atoms with Crippen molar-refractivity contribution in [1.29, 1.82) is 0 Å². The van der Waals surface area contributed by atoms with Crippen molar-refractivity contribution in [3.8, 4) is 0 Å². The standard InChI is InChI=1S/C5H7BN2/c6-4-1-5(7)3-8-2-4/h1-3H,6-7H2. The zero-order valence-corrected chi connectivity index (χ0v) is 4.76. The van der Waals surface area contributed by atoms with E-state index >= 15 is 0 Å². The Bertz CT molecular complexity index is 170. The summed E-state index contributed by atoms with van der Waals surface area (Å²) in [4.78, 5) is 3.86. The third kappa shape index (κ3) is 0.995. The first-order chi connectivity index (χ1) is 3.79. The van der Waals surface area contributed by atoms with Crippen molar-refractivity contribution >= 4 is 19.0 Å². The lowest BCUT2D eigenvalue weighted by Gasteiger charge is -1.90. The molecule has 0 radical (unpaired) electrons. The highest BCUT2D eigenvalue weighted by Crippen LogP contribution is 1.89. The Morgan fingerprint density at radius 3 is 2.62 bits per heavy atom. The van der Waals surface area contributed by atoms with Gasteiger partial charge in [0, 0.05) is 18.1 Å². The predicted molar refractivity (Wildman–Crippen MR) is 36.8 cm³/mol. The van der Waals surface area contributed by atoms with Crippen LogP contribution in [0.25, 0.3) is 0 Å². The topological polar surface area (TPSA) is 38.9 Å². The first kappa shape index (κ1) is 5.16. The third-order valence-corrected chi connectivity index (χ3v) is 0.896. The van der Waals surface area contributed by atoms with Crippen LogP contribution in [0, 0.1) is 0 Å². The first-order valence-corrected chi connectivity index (χ1v) is 2.46. The molecule has 1 aromatic rings. The van der Waals surface area contributed by atoms with Crippen LogP contribution >= 0.6 is 0 Å². The Morgan fingerprint density at radius 1 is 1.50 bits per heavy atom. The second-order valence-corrected chi connectivity index (χ2v) is 1.80. The van der Waals surface area contributed by atoms with Gasteiger partial charge >= 0.3 is 0 Å². The second kappa shape index (κ2) is 1.86. The largest absolute Gasteiger partial charge is 0.397 e. The summed E-state index contributed by atoms with van der Waals surface area (Å²) in [5.41, 5.74) is 7.22. The van der Waals surface area contributed by atoms with Crippen LogP contribution in [-0.2, 0) is 0 Å². The van der Waals surface area contributed by atoms with Gasteiger partial charge in [0.1, 0.15) is 7.85 Å². The van der Waals surface area contributed by atoms with E-state index in [1.165, 1.54) is 0 Å². The van der Waals surface area contributed by atoms with Crippen molar-refractivity contribution in [2.75, 3.05) is 5.73 Å². The molecule has 1 rings (SSSR count). The molecule has 0 fully saturated rings. The molecule has 1 heterocycles. The van der Waals surface area contributed by atoms with E-state index in [0.717, 1.165) is 11.2 Å². The fourth-order valence-corrected chi connectivity index (χ4v) is 0.578. The summed E-state index contributed by atoms with van der Waals surface area (Å²) in [7, 11) is 1.96. The smallest absolute Gasteiger partial charge is 0.141 e. The Hall–Kier alpha value is -0.985. The highest BCUT2D eigenvalue weighted by molar-refractivity contribution is 6.32. The van der Waals surface area contributed by atoms with Gasteiger partial charge in [-0.05, 0) is 6.07 Å². The third-order valence-electron chi connectivity index (χ3n) is 0.896. The van der Waals surface area contributed by atoms with Crippen LogP contribution in [0.15, 0.2) is 18.5 Å². The van der Waals surface area contributed by atoms with E-state index in [-0.39, 0.29) is 0 Å². The van der Waals surface area contributed by atoms with Gasteiger partial charge < -0.3 is 5.73 Å². The predicted octanol–water partition coefficient (Wildman–Crippen LogP) is -1.08. The summed E-state index contributed by atoms with van der Waals surface area (Å²) in [6.07, 6.45) is 3.41. The van der Waals surface area contributed by atoms with Crippen LogP contribution in [0.4, 0.5) is 5.69 Å². The van der Waals surface area contributed by atoms with Gasteiger partial charge in [0.2, 0.25) is 0 Å². The molecule has 0 saturated carbocycles. The number of hydrogen-bond donors (Lipinski definition) is 1. The Kier molecular flexibility index (Phi) is 1.20. The highest BCUT2D eigenvalue weighted by atomic mass is 14.7. The van der Waals surface area contributed by atoms with Crippen molar-refractivity contribution in [1.82, 2.24) is 4.98 Å². The maximum Gasteiger partial charge on any atom is 0.141 e. The average Bonchev–Trinajstić information content (AvgIpc) is 1.64. The number of nitrogen functional groups attached to an aromatic ring is 1. The molecule has 0 saturated heterocycles. The molecule has 0 aliphatic rings. The zero-order valence-electron chi connectivity index (χ0n) is 4.76. The van der Waals surface area contributed by atoms with Gasteiger partial charge in [-0.2, -0.15) is 0 Å². The minimum absolute atomic E-state index is 0.727. The Morgan fingerprint density at radius 2 is 2.25 bits per heavy atom. The monoisotopic (exact) mass is 106 g/mol. The summed E-state index contributed by atoms with van der Waals surface area (Å²) in [6, 6.07) is 1.88. The van der Waals surface area contributed by atoms with E-state index in [2.05, 4.69) is 4.98 Å². The maximum atomic E-state index is 5.40. The number of nitrogens with two attached hydrogens (primary N) is 1. The van der Waals surface area contributed by atoms with E-state index < -0.39 is 0 Å². The summed E-state index contributed by atoms with van der Waals surface area (Å²) in [5, 5.41) is 0. The van der Waals surface area contributed by atoms with Crippen LogP contribution in [-0.4, -0.2) is 12.8 Å². The minimum atomic E-state index is 0.727. The summed E-state index contributed by atoms with van der Waals surface area (Å²) < 4.78 is 0. The molecule has 0 atom stereocenters. The second-order valence-electron chi connectivity index (χ2n) is 1.80. The molecule has 0 unspecified atom stereocenters. The van der Waals surface area contributed by atoms with Crippen molar-refractivity contribution in [2.24, 2.45) is 0 Å². The number of pyridine rings is 1. The zero-order chi connectivity index (χ0) is 5.98. The van der Waals surface area contributed by atoms with Gasteiger partial charge in [-0.25, -0.2) is 0 Å². The van der Waals surface area contributed by atoms with E-state index in [0.29, 0.717) is 0 Å². The summed E-state index contributed by atoms with van der Waals surface area (Å²) in [5.74, 6) is 0. The molecule has 0 aromatic carbocycles. The molecular weight excluding hydrogens is 98.9 g/mol. The molecule has 8 heavy (non-hydrogen) atoms. The van der Waals surface area contributed by atoms with Crippen molar-refractivity contribution in [3.63, 3.8) is 0 Å². The van der Waals surface area contributed by atoms with E-state index in [9.17, 15) is 0 Å². The van der Waals surface area contributed by atoms with Gasteiger partial charge in [-0.1, -0.05) is 5.46 Å². The summed E-state index contributed by atoms with van der Waals surface area (Å²) in [6.45, 7) is 0. The van der Waals surface area contributed by atoms with E-state index in [1.54, 1.807) is 12.4 Å². The lowest BCUT2D eigenvalue weighted by Crippen LogP contribution is -2.03. The quantitative estimate of drug-likeness (QED) is 0.427. The van der Waals surface area contributed by atoms with E-state index in [4.69, 9.17) is 5.73 Å². The molecule has 1 aromatic heterocycles. The molecule has 40 valence electrons. The van der Waals surface area contributed by atoms with Gasteiger partial charge in [-0.3, -0.25) is 4.98 Å². The number of aromatic nitrogens is 1. The maximum absolute atomic E-state index is 5.40. The Labute approximate surface area is 49.1 Å². The van der Waals surface area contributed by atoms with Gasteiger partial charge in [0.15, 0.2) is 0 Å². The van der Waals surface area contributed by atoms with Crippen LogP contribution in [0.5, 0.6) is 0 Å². The normalized spacial score (nSPS) is 9.00. The molecule has 0 amide bonds. The fraction of sp³-hybridized carbons (Fsp3) is 0. The number of hydrogen-bond acceptors (Lipinski definition) is 2. The van der Waals surface area contributed by atoms with Gasteiger partial charge in [0.05, 0.1) is 0 Å². The number of nitrogens with zero attached hydrogens (tertiary/aromatic N) is 1. The van der Waals surface area contributed by atoms with Crippen molar-refractivity contribution < 1.29 is 0 Å². The molecule has 0 bridgehead atoms. The molecule has 0 aliphatic carbocycles. The van der Waals surface area contributed by atoms with Crippen LogP contribution < -0.4 is 11.2 Å². The van der Waals surface area contributed by atoms with E-state index in [1.807, 2.05) is 13.9 Å². The molecule has 3 heteroatoms. The van der Waals surface area contributed by atoms with Crippen LogP contribution in [0.1, 0.15) is 0 Å². The SMILES string of the molecule is Bc1cncc(N)c1. The average molecular weight is 106 g/mol. The van der Waals surface area contributed by atoms with Crippen molar-refractivity contribution in [3.05, 3.63) is 18.5 Å². The molecule has 0 spiro atoms. The number of rotatable bonds is 0. The van der Waals surface area contributed by atoms with Gasteiger partial charge in [-0.15, -0.1) is 0 Å². The lowest BCUT2D eigenvalue weighted by molar-refractivity contribution is 1.35. The van der Waals surface area contributed by atoms with Crippen molar-refractivity contribution in [2.45, 2.75) is 0 Å². The molecular formula is C5H7BN2. The lowest BCUT2D eigenvalue weighted by atomic mass is 9.99. The summed E-state index contributed by atoms with van der Waals surface area (Å²) >= 11 is 0. The van der Waals surface area contributed by atoms with Gasteiger partial charge in [0.25, 0.3) is 0 Å². The van der Waals surface area contributed by atoms with Crippen LogP contribution in [0.2, 0.25) is 0 Å². The molecule has 0 aliphatic heterocycles. The fourth-order valence-electron chi connectivity index (χ4n) is 0.578. The Balaban J connectivity index is 3.08. The first-order valence-electron chi connectivity index (χ1n) is 2.46. The molecule has 2 N–H and O–H groups in total. The van der Waals surface area contributed by atoms with Crippen LogP contribution in [0.3, 0.4) is 0 Å². The molecule has 2 nitrogen and oxygen atoms in total. The number of anilines is 1. The minimum Gasteiger partial charge on any atom is -0.397 e. The highest BCUT2D eigenvalue weighted by Gasteiger charge is 1.82.